The van der Waals surface area contributed by atoms with Crippen molar-refractivity contribution in [3.63, 3.8) is 0 Å². The van der Waals surface area contributed by atoms with E-state index in [2.05, 4.69) is 39.9 Å². The van der Waals surface area contributed by atoms with Crippen molar-refractivity contribution in [3.05, 3.63) is 28.3 Å². The quantitative estimate of drug-likeness (QED) is 0.657. The monoisotopic (exact) mass is 449 g/mol. The molecule has 1 heterocycles. The lowest BCUT2D eigenvalue weighted by molar-refractivity contribution is -0.0252. The molecule has 0 bridgehead atoms. The standard InChI is InChI=1S/C22H32ClN3O3Si/c1-14-16(11-10-15(13-24)18(14)23)26-19(27)22(25(5)20(26)28)12-8-9-17(22)29-30(6,7)21(2,3)4/h10-11,17,19,27H,8-9,12H2,1-7H3/t17-,19-,22+/m1/s1. The van der Waals surface area contributed by atoms with Gasteiger partial charge in [-0.3, -0.25) is 4.90 Å². The van der Waals surface area contributed by atoms with Crippen LogP contribution in [0.1, 0.15) is 51.2 Å². The average molecular weight is 450 g/mol. The summed E-state index contributed by atoms with van der Waals surface area (Å²) in [7, 11) is -0.354. The Bertz CT molecular complexity index is 908. The second-order valence-electron chi connectivity index (χ2n) is 10.0. The lowest BCUT2D eigenvalue weighted by Crippen LogP contribution is -2.60. The van der Waals surface area contributed by atoms with Gasteiger partial charge in [0.25, 0.3) is 0 Å². The van der Waals surface area contributed by atoms with Crippen molar-refractivity contribution >= 4 is 31.6 Å². The van der Waals surface area contributed by atoms with Gasteiger partial charge in [-0.05, 0) is 62.0 Å². The topological polar surface area (TPSA) is 76.8 Å². The molecule has 2 amide bonds. The van der Waals surface area contributed by atoms with Gasteiger partial charge in [0, 0.05) is 7.05 Å². The smallest absolute Gasteiger partial charge is 0.327 e. The van der Waals surface area contributed by atoms with Gasteiger partial charge in [-0.1, -0.05) is 32.4 Å². The number of amides is 2. The van der Waals surface area contributed by atoms with E-state index in [0.717, 1.165) is 12.8 Å². The first kappa shape index (κ1) is 23.1. The van der Waals surface area contributed by atoms with E-state index in [4.69, 9.17) is 16.0 Å². The maximum absolute atomic E-state index is 13.3. The van der Waals surface area contributed by atoms with Crippen LogP contribution >= 0.6 is 11.6 Å². The van der Waals surface area contributed by atoms with E-state index in [1.165, 1.54) is 4.90 Å². The van der Waals surface area contributed by atoms with Crippen LogP contribution in [0.2, 0.25) is 23.2 Å². The molecule has 164 valence electrons. The minimum absolute atomic E-state index is 0.0276. The maximum atomic E-state index is 13.3. The number of nitrogens with zero attached hydrogens (tertiary/aromatic N) is 3. The van der Waals surface area contributed by atoms with Crippen LogP contribution in [0.5, 0.6) is 0 Å². The molecule has 1 saturated carbocycles. The SMILES string of the molecule is Cc1c(N2C(=O)N(C)[C@]3(CCC[C@H]3O[Si](C)(C)C(C)(C)C)[C@H]2O)ccc(C#N)c1Cl. The fraction of sp³-hybridized carbons (Fsp3) is 0.636. The number of halogens is 1. The number of carbonyl (C=O) groups is 1. The Morgan fingerprint density at radius 3 is 2.57 bits per heavy atom. The highest BCUT2D eigenvalue weighted by Crippen LogP contribution is 2.50. The summed E-state index contributed by atoms with van der Waals surface area (Å²) >= 11 is 6.35. The zero-order chi connectivity index (χ0) is 22.6. The van der Waals surface area contributed by atoms with Crippen LogP contribution < -0.4 is 4.90 Å². The van der Waals surface area contributed by atoms with Crippen LogP contribution in [-0.4, -0.2) is 49.3 Å². The third-order valence-corrected chi connectivity index (χ3v) is 12.4. The zero-order valence-electron chi connectivity index (χ0n) is 18.9. The van der Waals surface area contributed by atoms with Gasteiger partial charge in [0.05, 0.1) is 22.4 Å². The van der Waals surface area contributed by atoms with Crippen molar-refractivity contribution < 1.29 is 14.3 Å². The molecule has 1 aromatic rings. The molecule has 1 aliphatic heterocycles. The van der Waals surface area contributed by atoms with Crippen LogP contribution in [0.25, 0.3) is 0 Å². The van der Waals surface area contributed by atoms with Gasteiger partial charge in [0.1, 0.15) is 11.6 Å². The number of hydrogen-bond acceptors (Lipinski definition) is 4. The van der Waals surface area contributed by atoms with E-state index in [1.807, 2.05) is 0 Å². The Labute approximate surface area is 185 Å². The molecule has 1 spiro atoms. The molecule has 3 rings (SSSR count). The van der Waals surface area contributed by atoms with Crippen LogP contribution in [0, 0.1) is 18.3 Å². The molecule has 8 heteroatoms. The summed E-state index contributed by atoms with van der Waals surface area (Å²) in [5.74, 6) is 0. The Hall–Kier alpha value is -1.59. The minimum Gasteiger partial charge on any atom is -0.411 e. The van der Waals surface area contributed by atoms with Crippen LogP contribution in [0.15, 0.2) is 12.1 Å². The molecule has 2 aliphatic rings. The number of hydrogen-bond donors (Lipinski definition) is 1. The Morgan fingerprint density at radius 1 is 1.37 bits per heavy atom. The number of nitriles is 1. The molecule has 1 aliphatic carbocycles. The average Bonchev–Trinajstić information content (AvgIpc) is 3.14. The summed E-state index contributed by atoms with van der Waals surface area (Å²) in [4.78, 5) is 16.4. The highest BCUT2D eigenvalue weighted by Gasteiger charge is 2.63. The molecule has 3 atom stereocenters. The van der Waals surface area contributed by atoms with Gasteiger partial charge in [0.15, 0.2) is 14.5 Å². The minimum atomic E-state index is -2.10. The maximum Gasteiger partial charge on any atom is 0.327 e. The first-order chi connectivity index (χ1) is 13.8. The molecule has 30 heavy (non-hydrogen) atoms. The number of benzene rings is 1. The number of likely N-dealkylation sites (N-methyl/N-ethyl adjacent to an activating group) is 1. The molecule has 0 unspecified atom stereocenters. The number of carbonyl (C=O) groups excluding carboxylic acids is 1. The van der Waals surface area contributed by atoms with Gasteiger partial charge in [0.2, 0.25) is 0 Å². The van der Waals surface area contributed by atoms with Gasteiger partial charge >= 0.3 is 6.03 Å². The molecule has 1 saturated heterocycles. The van der Waals surface area contributed by atoms with Crippen molar-refractivity contribution in [2.75, 3.05) is 11.9 Å². The molecular weight excluding hydrogens is 418 g/mol. The lowest BCUT2D eigenvalue weighted by atomic mass is 9.92. The highest BCUT2D eigenvalue weighted by molar-refractivity contribution is 6.74. The fourth-order valence-corrected chi connectivity index (χ4v) is 6.04. The third kappa shape index (κ3) is 3.25. The number of aliphatic hydroxyl groups is 1. The number of rotatable bonds is 3. The van der Waals surface area contributed by atoms with E-state index >= 15 is 0 Å². The number of urea groups is 1. The third-order valence-electron chi connectivity index (χ3n) is 7.39. The summed E-state index contributed by atoms with van der Waals surface area (Å²) < 4.78 is 6.75. The summed E-state index contributed by atoms with van der Waals surface area (Å²) in [6.45, 7) is 12.7. The van der Waals surface area contributed by atoms with Crippen LogP contribution in [-0.2, 0) is 4.43 Å². The van der Waals surface area contributed by atoms with Crippen LogP contribution in [0.3, 0.4) is 0 Å². The second-order valence-corrected chi connectivity index (χ2v) is 15.2. The second kappa shape index (κ2) is 7.52. The van der Waals surface area contributed by atoms with E-state index in [-0.39, 0.29) is 17.2 Å². The van der Waals surface area contributed by atoms with E-state index in [9.17, 15) is 15.2 Å². The van der Waals surface area contributed by atoms with E-state index in [1.54, 1.807) is 31.0 Å². The molecule has 6 nitrogen and oxygen atoms in total. The van der Waals surface area contributed by atoms with Gasteiger partial charge in [-0.25, -0.2) is 4.79 Å². The Balaban J connectivity index is 2.03. The molecule has 0 radical (unpaired) electrons. The normalized spacial score (nSPS) is 27.3. The summed E-state index contributed by atoms with van der Waals surface area (Å²) in [5, 5.41) is 21.1. The van der Waals surface area contributed by atoms with E-state index < -0.39 is 20.1 Å². The van der Waals surface area contributed by atoms with Gasteiger partial charge < -0.3 is 14.4 Å². The molecule has 2 fully saturated rings. The molecule has 1 aromatic carbocycles. The largest absolute Gasteiger partial charge is 0.411 e. The highest BCUT2D eigenvalue weighted by atomic mass is 35.5. The Kier molecular flexibility index (Phi) is 5.79. The van der Waals surface area contributed by atoms with Crippen molar-refractivity contribution in [2.24, 2.45) is 0 Å². The molecule has 0 aromatic heterocycles. The summed E-state index contributed by atoms with van der Waals surface area (Å²) in [5.41, 5.74) is 0.674. The summed E-state index contributed by atoms with van der Waals surface area (Å²) in [6, 6.07) is 5.05. The number of anilines is 1. The van der Waals surface area contributed by atoms with Crippen molar-refractivity contribution in [1.29, 1.82) is 5.26 Å². The van der Waals surface area contributed by atoms with Crippen molar-refractivity contribution in [1.82, 2.24) is 4.90 Å². The van der Waals surface area contributed by atoms with Gasteiger partial charge in [-0.2, -0.15) is 5.26 Å². The van der Waals surface area contributed by atoms with Crippen molar-refractivity contribution in [3.8, 4) is 6.07 Å². The number of aliphatic hydroxyl groups excluding tert-OH is 1. The molecular formula is C22H32ClN3O3Si. The predicted molar refractivity (Wildman–Crippen MR) is 121 cm³/mol. The summed E-state index contributed by atoms with van der Waals surface area (Å²) in [6.07, 6.45) is 1.07. The molecule has 1 N–H and O–H groups in total. The predicted octanol–water partition coefficient (Wildman–Crippen LogP) is 5.02. The van der Waals surface area contributed by atoms with Crippen LogP contribution in [0.4, 0.5) is 10.5 Å². The van der Waals surface area contributed by atoms with Gasteiger partial charge in [-0.15, -0.1) is 0 Å². The first-order valence-corrected chi connectivity index (χ1v) is 13.7. The van der Waals surface area contributed by atoms with Crippen molar-refractivity contribution in [2.45, 2.75) is 83.0 Å². The van der Waals surface area contributed by atoms with E-state index in [0.29, 0.717) is 28.3 Å². The Morgan fingerprint density at radius 2 is 2.00 bits per heavy atom. The first-order valence-electron chi connectivity index (χ1n) is 10.4. The lowest BCUT2D eigenvalue weighted by Gasteiger charge is -2.45. The zero-order valence-corrected chi connectivity index (χ0v) is 20.7. The fourth-order valence-electron chi connectivity index (χ4n) is 4.45.